The van der Waals surface area contributed by atoms with E-state index in [1.807, 2.05) is 18.2 Å². The van der Waals surface area contributed by atoms with Crippen molar-refractivity contribution in [1.82, 2.24) is 15.2 Å². The van der Waals surface area contributed by atoms with E-state index < -0.39 is 0 Å². The molecule has 148 valence electrons. The lowest BCUT2D eigenvalue weighted by molar-refractivity contribution is -0.122. The van der Waals surface area contributed by atoms with Crippen LogP contribution in [-0.2, 0) is 22.5 Å². The van der Waals surface area contributed by atoms with Crippen LogP contribution >= 0.6 is 22.7 Å². The highest BCUT2D eigenvalue weighted by molar-refractivity contribution is 7.18. The molecule has 1 aromatic carbocycles. The van der Waals surface area contributed by atoms with Gasteiger partial charge in [0.2, 0.25) is 5.91 Å². The van der Waals surface area contributed by atoms with Crippen molar-refractivity contribution < 1.29 is 9.53 Å². The standard InChI is InChI=1S/C21H25N3O2S2/c25-20(22-10-9-21-23-18-7-1-2-8-19(18)28-21)15-24(13-16-5-3-11-26-16)14-17-6-4-12-27-17/h1-2,4,6-8,12,16H,3,5,9-11,13-15H2,(H,22,25). The number of nitrogens with one attached hydrogen (secondary N) is 1. The third-order valence-electron chi connectivity index (χ3n) is 4.81. The van der Waals surface area contributed by atoms with Crippen LogP contribution < -0.4 is 5.32 Å². The van der Waals surface area contributed by atoms with Crippen LogP contribution in [0.3, 0.4) is 0 Å². The molecule has 1 unspecified atom stereocenters. The van der Waals surface area contributed by atoms with Gasteiger partial charge in [0.25, 0.3) is 0 Å². The number of thiophene rings is 1. The topological polar surface area (TPSA) is 54.5 Å². The van der Waals surface area contributed by atoms with Crippen LogP contribution in [-0.4, -0.2) is 48.1 Å². The van der Waals surface area contributed by atoms with Gasteiger partial charge in [-0.15, -0.1) is 22.7 Å². The molecule has 1 aliphatic heterocycles. The number of benzene rings is 1. The molecular formula is C21H25N3O2S2. The summed E-state index contributed by atoms with van der Waals surface area (Å²) >= 11 is 3.43. The number of carbonyl (C=O) groups excluding carboxylic acids is 1. The van der Waals surface area contributed by atoms with Crippen LogP contribution in [0.1, 0.15) is 22.7 Å². The number of amides is 1. The fourth-order valence-electron chi connectivity index (χ4n) is 3.48. The largest absolute Gasteiger partial charge is 0.377 e. The molecule has 5 nitrogen and oxygen atoms in total. The number of ether oxygens (including phenoxy) is 1. The number of hydrogen-bond donors (Lipinski definition) is 1. The van der Waals surface area contributed by atoms with Gasteiger partial charge in [-0.2, -0.15) is 0 Å². The van der Waals surface area contributed by atoms with Crippen LogP contribution in [0.4, 0.5) is 0 Å². The molecule has 0 aliphatic carbocycles. The Hall–Kier alpha value is -1.80. The maximum absolute atomic E-state index is 12.5. The van der Waals surface area contributed by atoms with E-state index in [0.717, 1.165) is 49.5 Å². The zero-order valence-corrected chi connectivity index (χ0v) is 17.4. The molecule has 1 saturated heterocycles. The van der Waals surface area contributed by atoms with Gasteiger partial charge in [-0.3, -0.25) is 9.69 Å². The van der Waals surface area contributed by atoms with Crippen LogP contribution in [0.15, 0.2) is 41.8 Å². The molecule has 3 heterocycles. The zero-order chi connectivity index (χ0) is 19.2. The third-order valence-corrected chi connectivity index (χ3v) is 6.77. The minimum absolute atomic E-state index is 0.0654. The summed E-state index contributed by atoms with van der Waals surface area (Å²) in [6.45, 7) is 3.46. The van der Waals surface area contributed by atoms with Gasteiger partial charge in [0.1, 0.15) is 0 Å². The highest BCUT2D eigenvalue weighted by Crippen LogP contribution is 2.21. The van der Waals surface area contributed by atoms with E-state index in [1.54, 1.807) is 22.7 Å². The summed E-state index contributed by atoms with van der Waals surface area (Å²) in [5.41, 5.74) is 1.03. The first-order valence-corrected chi connectivity index (χ1v) is 11.4. The Kier molecular flexibility index (Phi) is 6.69. The number of nitrogens with zero attached hydrogens (tertiary/aromatic N) is 2. The number of para-hydroxylation sites is 1. The van der Waals surface area contributed by atoms with Gasteiger partial charge >= 0.3 is 0 Å². The first-order valence-electron chi connectivity index (χ1n) is 9.74. The van der Waals surface area contributed by atoms with Crippen LogP contribution in [0.5, 0.6) is 0 Å². The molecule has 1 atom stereocenters. The fraction of sp³-hybridized carbons (Fsp3) is 0.429. The summed E-state index contributed by atoms with van der Waals surface area (Å²) in [5.74, 6) is 0.0654. The first kappa shape index (κ1) is 19.5. The van der Waals surface area contributed by atoms with Gasteiger partial charge in [0, 0.05) is 37.5 Å². The van der Waals surface area contributed by atoms with E-state index in [-0.39, 0.29) is 12.0 Å². The lowest BCUT2D eigenvalue weighted by atomic mass is 10.2. The lowest BCUT2D eigenvalue weighted by Crippen LogP contribution is -2.40. The van der Waals surface area contributed by atoms with Crippen molar-refractivity contribution in [3.05, 3.63) is 51.7 Å². The summed E-state index contributed by atoms with van der Waals surface area (Å²) in [6.07, 6.45) is 3.21. The van der Waals surface area contributed by atoms with Gasteiger partial charge in [0.05, 0.1) is 27.9 Å². The van der Waals surface area contributed by atoms with Gasteiger partial charge in [-0.1, -0.05) is 18.2 Å². The maximum atomic E-state index is 12.5. The third kappa shape index (κ3) is 5.38. The highest BCUT2D eigenvalue weighted by atomic mass is 32.1. The van der Waals surface area contributed by atoms with Crippen LogP contribution in [0.2, 0.25) is 0 Å². The molecule has 2 aromatic heterocycles. The number of rotatable bonds is 9. The second kappa shape index (κ2) is 9.60. The second-order valence-electron chi connectivity index (χ2n) is 7.06. The molecule has 0 bridgehead atoms. The summed E-state index contributed by atoms with van der Waals surface area (Å²) in [7, 11) is 0. The van der Waals surface area contributed by atoms with Crippen LogP contribution in [0.25, 0.3) is 10.2 Å². The lowest BCUT2D eigenvalue weighted by Gasteiger charge is -2.24. The van der Waals surface area contributed by atoms with E-state index >= 15 is 0 Å². The molecule has 1 fully saturated rings. The second-order valence-corrected chi connectivity index (χ2v) is 9.21. The monoisotopic (exact) mass is 415 g/mol. The molecule has 7 heteroatoms. The minimum atomic E-state index is 0.0654. The molecule has 1 N–H and O–H groups in total. The molecule has 4 rings (SSSR count). The SMILES string of the molecule is O=C(CN(Cc1cccs1)CC1CCCO1)NCCc1nc2ccccc2s1. The van der Waals surface area contributed by atoms with E-state index in [1.165, 1.54) is 9.58 Å². The average molecular weight is 416 g/mol. The molecule has 1 amide bonds. The summed E-state index contributed by atoms with van der Waals surface area (Å²) in [4.78, 5) is 20.6. The number of carbonyl (C=O) groups is 1. The van der Waals surface area contributed by atoms with Gasteiger partial charge in [-0.05, 0) is 36.4 Å². The van der Waals surface area contributed by atoms with Crippen molar-refractivity contribution in [2.45, 2.75) is 31.9 Å². The molecular weight excluding hydrogens is 390 g/mol. The fourth-order valence-corrected chi connectivity index (χ4v) is 5.19. The molecule has 0 spiro atoms. The predicted molar refractivity (Wildman–Crippen MR) is 115 cm³/mol. The van der Waals surface area contributed by atoms with E-state index in [0.29, 0.717) is 13.1 Å². The quantitative estimate of drug-likeness (QED) is 0.579. The highest BCUT2D eigenvalue weighted by Gasteiger charge is 2.21. The first-order chi connectivity index (χ1) is 13.8. The predicted octanol–water partition coefficient (Wildman–Crippen LogP) is 3.70. The Balaban J connectivity index is 1.27. The summed E-state index contributed by atoms with van der Waals surface area (Å²) in [6, 6.07) is 12.3. The van der Waals surface area contributed by atoms with Gasteiger partial charge in [-0.25, -0.2) is 4.98 Å². The van der Waals surface area contributed by atoms with E-state index in [4.69, 9.17) is 4.74 Å². The molecule has 28 heavy (non-hydrogen) atoms. The van der Waals surface area contributed by atoms with E-state index in [2.05, 4.69) is 38.8 Å². The van der Waals surface area contributed by atoms with E-state index in [9.17, 15) is 4.79 Å². The Morgan fingerprint density at radius 3 is 3.00 bits per heavy atom. The molecule has 1 aliphatic rings. The Morgan fingerprint density at radius 1 is 1.29 bits per heavy atom. The molecule has 0 radical (unpaired) electrons. The van der Waals surface area contributed by atoms with Crippen molar-refractivity contribution in [2.75, 3.05) is 26.2 Å². The van der Waals surface area contributed by atoms with Crippen LogP contribution in [0, 0.1) is 0 Å². The number of thiazole rings is 1. The maximum Gasteiger partial charge on any atom is 0.234 e. The number of aromatic nitrogens is 1. The molecule has 3 aromatic rings. The summed E-state index contributed by atoms with van der Waals surface area (Å²) < 4.78 is 6.97. The number of hydrogen-bond acceptors (Lipinski definition) is 6. The average Bonchev–Trinajstić information content (AvgIpc) is 3.43. The van der Waals surface area contributed by atoms with Gasteiger partial charge in [0.15, 0.2) is 0 Å². The van der Waals surface area contributed by atoms with Gasteiger partial charge < -0.3 is 10.1 Å². The van der Waals surface area contributed by atoms with Crippen molar-refractivity contribution in [3.8, 4) is 0 Å². The van der Waals surface area contributed by atoms with Crippen molar-refractivity contribution >= 4 is 38.8 Å². The van der Waals surface area contributed by atoms with Crippen molar-refractivity contribution in [3.63, 3.8) is 0 Å². The summed E-state index contributed by atoms with van der Waals surface area (Å²) in [5, 5.41) is 6.21. The van der Waals surface area contributed by atoms with Crippen molar-refractivity contribution in [2.24, 2.45) is 0 Å². The number of fused-ring (bicyclic) bond motifs is 1. The van der Waals surface area contributed by atoms with Crippen molar-refractivity contribution in [1.29, 1.82) is 0 Å². The molecule has 0 saturated carbocycles. The normalized spacial score (nSPS) is 16.8. The Labute approximate surface area is 173 Å². The Morgan fingerprint density at radius 2 is 2.21 bits per heavy atom. The Bertz CT molecular complexity index is 855. The zero-order valence-electron chi connectivity index (χ0n) is 15.8. The smallest absolute Gasteiger partial charge is 0.234 e. The minimum Gasteiger partial charge on any atom is -0.377 e.